The Morgan fingerprint density at radius 1 is 0.923 bits per heavy atom. The summed E-state index contributed by atoms with van der Waals surface area (Å²) in [6.45, 7) is 2.01. The van der Waals surface area contributed by atoms with Crippen LogP contribution in [0.2, 0.25) is 0 Å². The summed E-state index contributed by atoms with van der Waals surface area (Å²) in [5, 5.41) is 27.0. The number of nitrogens with one attached hydrogen (secondary N) is 2. The fourth-order valence-electron chi connectivity index (χ4n) is 5.79. The fourth-order valence-corrected chi connectivity index (χ4v) is 5.79. The number of benzene rings is 1. The molecule has 4 N–H and O–H groups in total. The summed E-state index contributed by atoms with van der Waals surface area (Å²) < 4.78 is 39.0. The van der Waals surface area contributed by atoms with Crippen molar-refractivity contribution >= 4 is 23.1 Å². The predicted octanol–water partition coefficient (Wildman–Crippen LogP) is 2.79. The van der Waals surface area contributed by atoms with Gasteiger partial charge in [-0.1, -0.05) is 12.8 Å². The smallest absolute Gasteiger partial charge is 0.388 e. The van der Waals surface area contributed by atoms with Crippen LogP contribution in [0.15, 0.2) is 36.7 Å². The van der Waals surface area contributed by atoms with E-state index in [0.29, 0.717) is 12.2 Å². The number of alkyl halides is 3. The lowest BCUT2D eigenvalue weighted by Crippen LogP contribution is -2.58. The Hall–Kier alpha value is -3.12. The van der Waals surface area contributed by atoms with Gasteiger partial charge >= 0.3 is 6.18 Å². The van der Waals surface area contributed by atoms with Crippen LogP contribution >= 0.6 is 0 Å². The van der Waals surface area contributed by atoms with Gasteiger partial charge in [0.05, 0.1) is 24.5 Å². The number of β-amino-alcohol motifs (C(OH)–C–C–N with tert-alkyl or cyclic N) is 1. The molecule has 3 aliphatic rings. The zero-order valence-corrected chi connectivity index (χ0v) is 21.6. The molecule has 1 saturated carbocycles. The van der Waals surface area contributed by atoms with Gasteiger partial charge < -0.3 is 30.6 Å². The first-order valence-corrected chi connectivity index (χ1v) is 13.6. The van der Waals surface area contributed by atoms with Crippen molar-refractivity contribution in [1.29, 1.82) is 0 Å². The first kappa shape index (κ1) is 27.4. The summed E-state index contributed by atoms with van der Waals surface area (Å²) >= 11 is 0. The summed E-state index contributed by atoms with van der Waals surface area (Å²) in [5.74, 6) is 0.106. The Morgan fingerprint density at radius 3 is 2.21 bits per heavy atom. The summed E-state index contributed by atoms with van der Waals surface area (Å²) in [6, 6.07) is 7.42. The zero-order chi connectivity index (χ0) is 27.6. The molecule has 0 spiro atoms. The van der Waals surface area contributed by atoms with Crippen molar-refractivity contribution in [3.05, 3.63) is 42.4 Å². The van der Waals surface area contributed by atoms with Crippen LogP contribution in [0.25, 0.3) is 0 Å². The minimum absolute atomic E-state index is 0.0494. The number of hydrogen-bond donors (Lipinski definition) is 4. The van der Waals surface area contributed by atoms with Gasteiger partial charge in [0.1, 0.15) is 11.9 Å². The Balaban J connectivity index is 1.18. The van der Waals surface area contributed by atoms with Gasteiger partial charge in [0.25, 0.3) is 0 Å². The minimum Gasteiger partial charge on any atom is -0.388 e. The topological polar surface area (TPSA) is 114 Å². The monoisotopic (exact) mass is 548 g/mol. The second-order valence-electron chi connectivity index (χ2n) is 10.8. The summed E-state index contributed by atoms with van der Waals surface area (Å²) in [7, 11) is 0. The number of piperidine rings is 2. The molecule has 1 amide bonds. The maximum absolute atomic E-state index is 13.0. The largest absolute Gasteiger partial charge is 0.434 e. The van der Waals surface area contributed by atoms with E-state index in [4.69, 9.17) is 0 Å². The van der Waals surface area contributed by atoms with E-state index in [1.165, 1.54) is 12.8 Å². The Kier molecular flexibility index (Phi) is 8.13. The Labute approximate surface area is 225 Å². The molecule has 212 valence electrons. The third-order valence-electron chi connectivity index (χ3n) is 8.04. The first-order chi connectivity index (χ1) is 18.7. The molecule has 12 heteroatoms. The van der Waals surface area contributed by atoms with Crippen LogP contribution in [-0.2, 0) is 11.0 Å². The van der Waals surface area contributed by atoms with Crippen LogP contribution in [-0.4, -0.2) is 76.6 Å². The zero-order valence-electron chi connectivity index (χ0n) is 21.6. The SMILES string of the molecule is O=C(NC1CCCC1)C1CCN(c2ccc(N3C[C@H](Nc4cncc(C(F)(F)F)n4)[C@@H](O)[C@@H](O)C3)cc2)CC1. The van der Waals surface area contributed by atoms with E-state index in [1.807, 2.05) is 29.2 Å². The molecule has 9 nitrogen and oxygen atoms in total. The molecular weight excluding hydrogens is 513 g/mol. The summed E-state index contributed by atoms with van der Waals surface area (Å²) in [6.07, 6.45) is 1.03. The number of carbonyl (C=O) groups excluding carboxylic acids is 1. The molecular formula is C27H35F3N6O3. The molecule has 2 aromatic rings. The van der Waals surface area contributed by atoms with E-state index in [-0.39, 0.29) is 30.7 Å². The molecule has 5 rings (SSSR count). The van der Waals surface area contributed by atoms with E-state index in [0.717, 1.165) is 56.3 Å². The fraction of sp³-hybridized carbons (Fsp3) is 0.593. The van der Waals surface area contributed by atoms with Crippen molar-refractivity contribution in [3.63, 3.8) is 0 Å². The average Bonchev–Trinajstić information content (AvgIpc) is 3.44. The molecule has 1 aliphatic carbocycles. The van der Waals surface area contributed by atoms with Crippen LogP contribution in [0, 0.1) is 5.92 Å². The molecule has 0 radical (unpaired) electrons. The van der Waals surface area contributed by atoms with Crippen molar-refractivity contribution in [2.24, 2.45) is 5.92 Å². The average molecular weight is 549 g/mol. The molecule has 1 aromatic heterocycles. The molecule has 0 bridgehead atoms. The molecule has 3 atom stereocenters. The maximum atomic E-state index is 13.0. The number of amides is 1. The third kappa shape index (κ3) is 6.55. The predicted molar refractivity (Wildman–Crippen MR) is 140 cm³/mol. The van der Waals surface area contributed by atoms with Crippen molar-refractivity contribution in [3.8, 4) is 0 Å². The molecule has 0 unspecified atom stereocenters. The lowest BCUT2D eigenvalue weighted by molar-refractivity contribution is -0.141. The van der Waals surface area contributed by atoms with Crippen LogP contribution in [0.4, 0.5) is 30.4 Å². The van der Waals surface area contributed by atoms with Crippen molar-refractivity contribution < 1.29 is 28.2 Å². The number of rotatable bonds is 6. The van der Waals surface area contributed by atoms with Gasteiger partial charge in [0.2, 0.25) is 5.91 Å². The highest BCUT2D eigenvalue weighted by atomic mass is 19.4. The van der Waals surface area contributed by atoms with Gasteiger partial charge in [0.15, 0.2) is 5.69 Å². The van der Waals surface area contributed by atoms with Crippen LogP contribution in [0.1, 0.15) is 44.2 Å². The number of halogens is 3. The highest BCUT2D eigenvalue weighted by molar-refractivity contribution is 5.79. The molecule has 1 aromatic carbocycles. The van der Waals surface area contributed by atoms with Crippen molar-refractivity contribution in [1.82, 2.24) is 15.3 Å². The van der Waals surface area contributed by atoms with Crippen molar-refractivity contribution in [2.75, 3.05) is 41.3 Å². The number of nitrogens with zero attached hydrogens (tertiary/aromatic N) is 4. The minimum atomic E-state index is -4.64. The molecule has 3 fully saturated rings. The second-order valence-corrected chi connectivity index (χ2v) is 10.8. The lowest BCUT2D eigenvalue weighted by Gasteiger charge is -2.41. The number of anilines is 3. The lowest BCUT2D eigenvalue weighted by atomic mass is 9.95. The molecule has 2 saturated heterocycles. The van der Waals surface area contributed by atoms with E-state index in [2.05, 4.69) is 25.5 Å². The van der Waals surface area contributed by atoms with E-state index in [1.54, 1.807) is 0 Å². The van der Waals surface area contributed by atoms with Crippen LogP contribution in [0.3, 0.4) is 0 Å². The molecule has 3 heterocycles. The van der Waals surface area contributed by atoms with E-state index < -0.39 is 30.1 Å². The van der Waals surface area contributed by atoms with Gasteiger partial charge in [-0.2, -0.15) is 13.2 Å². The van der Waals surface area contributed by atoms with Gasteiger partial charge in [-0.3, -0.25) is 9.78 Å². The third-order valence-corrected chi connectivity index (χ3v) is 8.04. The summed E-state index contributed by atoms with van der Waals surface area (Å²) in [4.78, 5) is 23.9. The van der Waals surface area contributed by atoms with Crippen LogP contribution in [0.5, 0.6) is 0 Å². The Bertz CT molecular complexity index is 1120. The maximum Gasteiger partial charge on any atom is 0.434 e. The normalized spacial score (nSPS) is 25.1. The number of hydrogen-bond acceptors (Lipinski definition) is 8. The van der Waals surface area contributed by atoms with E-state index >= 15 is 0 Å². The first-order valence-electron chi connectivity index (χ1n) is 13.6. The van der Waals surface area contributed by atoms with E-state index in [9.17, 15) is 28.2 Å². The highest BCUT2D eigenvalue weighted by Crippen LogP contribution is 2.30. The summed E-state index contributed by atoms with van der Waals surface area (Å²) in [5.41, 5.74) is 0.724. The number of aliphatic hydroxyl groups is 2. The number of aromatic nitrogens is 2. The highest BCUT2D eigenvalue weighted by Gasteiger charge is 2.37. The number of carbonyl (C=O) groups is 1. The van der Waals surface area contributed by atoms with Crippen molar-refractivity contribution in [2.45, 2.75) is 69.0 Å². The van der Waals surface area contributed by atoms with Gasteiger partial charge in [0, 0.05) is 49.5 Å². The Morgan fingerprint density at radius 2 is 1.56 bits per heavy atom. The van der Waals surface area contributed by atoms with Gasteiger partial charge in [-0.15, -0.1) is 0 Å². The molecule has 2 aliphatic heterocycles. The van der Waals surface area contributed by atoms with Gasteiger partial charge in [-0.05, 0) is 49.9 Å². The number of aliphatic hydroxyl groups excluding tert-OH is 2. The standard InChI is InChI=1S/C27H35F3N6O3/c28-27(29,30)23-13-31-14-24(34-23)33-21-15-36(16-22(37)25(21)38)20-7-5-19(6-8-20)35-11-9-17(10-12-35)26(39)32-18-3-1-2-4-18/h5-8,13-14,17-18,21-22,25,37-38H,1-4,9-12,15-16H2,(H,32,39)(H,33,34)/t21-,22-,25+/m0/s1. The second kappa shape index (κ2) is 11.5. The van der Waals surface area contributed by atoms with Crippen LogP contribution < -0.4 is 20.4 Å². The molecule has 39 heavy (non-hydrogen) atoms. The van der Waals surface area contributed by atoms with Gasteiger partial charge in [-0.25, -0.2) is 4.98 Å². The quantitative estimate of drug-likeness (QED) is 0.436.